The second kappa shape index (κ2) is 5.64. The molecule has 0 aliphatic rings. The van der Waals surface area contributed by atoms with Gasteiger partial charge in [0.05, 0.1) is 5.02 Å². The molecule has 0 saturated carbocycles. The molecule has 100 valence electrons. The Labute approximate surface area is 120 Å². The van der Waals surface area contributed by atoms with Gasteiger partial charge in [-0.15, -0.1) is 0 Å². The lowest BCUT2D eigenvalue weighted by Gasteiger charge is -2.09. The summed E-state index contributed by atoms with van der Waals surface area (Å²) in [6, 6.07) is 7.09. The van der Waals surface area contributed by atoms with Gasteiger partial charge < -0.3 is 17.2 Å². The summed E-state index contributed by atoms with van der Waals surface area (Å²) in [7, 11) is 0. The quantitative estimate of drug-likeness (QED) is 0.751. The molecular weight excluding hydrogens is 282 g/mol. The van der Waals surface area contributed by atoms with Gasteiger partial charge in [0.15, 0.2) is 5.16 Å². The van der Waals surface area contributed by atoms with E-state index in [1.165, 1.54) is 17.8 Å². The van der Waals surface area contributed by atoms with Gasteiger partial charge in [-0.1, -0.05) is 17.7 Å². The lowest BCUT2D eigenvalue weighted by molar-refractivity contribution is 0.817. The lowest BCUT2D eigenvalue weighted by Crippen LogP contribution is -2.04. The second-order valence-corrected chi connectivity index (χ2v) is 5.50. The number of nitrogens with two attached hydrogens (primary N) is 3. The molecule has 0 radical (unpaired) electrons. The average molecular weight is 296 g/mol. The smallest absolute Gasteiger partial charge is 0.196 e. The molecule has 1 atom stereocenters. The first-order valence-electron chi connectivity index (χ1n) is 5.58. The van der Waals surface area contributed by atoms with Gasteiger partial charge in [-0.2, -0.15) is 0 Å². The third kappa shape index (κ3) is 3.50. The summed E-state index contributed by atoms with van der Waals surface area (Å²) >= 11 is 7.52. The molecule has 0 fully saturated rings. The summed E-state index contributed by atoms with van der Waals surface area (Å²) in [6.45, 7) is 1.90. The first-order valence-corrected chi connectivity index (χ1v) is 6.78. The van der Waals surface area contributed by atoms with Crippen molar-refractivity contribution in [3.8, 4) is 0 Å². The average Bonchev–Trinajstić information content (AvgIpc) is 2.30. The van der Waals surface area contributed by atoms with Crippen LogP contribution in [-0.2, 0) is 0 Å². The van der Waals surface area contributed by atoms with Crippen LogP contribution in [0.25, 0.3) is 0 Å². The van der Waals surface area contributed by atoms with Crippen LogP contribution in [0.2, 0.25) is 5.02 Å². The predicted octanol–water partition coefficient (Wildman–Crippen LogP) is 2.47. The molecule has 1 aromatic carbocycles. The third-order valence-electron chi connectivity index (χ3n) is 2.43. The number of aromatic nitrogens is 2. The van der Waals surface area contributed by atoms with Crippen LogP contribution < -0.4 is 17.2 Å². The van der Waals surface area contributed by atoms with Gasteiger partial charge in [-0.05, 0) is 36.4 Å². The van der Waals surface area contributed by atoms with Gasteiger partial charge in [0.2, 0.25) is 0 Å². The molecule has 0 saturated heterocycles. The molecule has 0 unspecified atom stereocenters. The van der Waals surface area contributed by atoms with Crippen molar-refractivity contribution < 1.29 is 0 Å². The zero-order valence-electron chi connectivity index (χ0n) is 10.3. The number of hydrogen-bond donors (Lipinski definition) is 3. The number of benzene rings is 1. The molecule has 1 heterocycles. The van der Waals surface area contributed by atoms with Crippen LogP contribution in [-0.4, -0.2) is 9.97 Å². The van der Waals surface area contributed by atoms with Gasteiger partial charge in [-0.3, -0.25) is 0 Å². The Kier molecular flexibility index (Phi) is 4.14. The number of nitrogens with zero attached hydrogens (tertiary/aromatic N) is 2. The first kappa shape index (κ1) is 13.9. The molecular formula is C12H14ClN5S. The molecule has 2 aromatic rings. The first-order chi connectivity index (χ1) is 8.95. The number of hydrogen-bond acceptors (Lipinski definition) is 6. The second-order valence-electron chi connectivity index (χ2n) is 4.08. The Morgan fingerprint density at radius 2 is 1.79 bits per heavy atom. The minimum Gasteiger partial charge on any atom is -0.383 e. The van der Waals surface area contributed by atoms with Crippen molar-refractivity contribution in [1.82, 2.24) is 9.97 Å². The van der Waals surface area contributed by atoms with E-state index in [1.807, 2.05) is 25.1 Å². The summed E-state index contributed by atoms with van der Waals surface area (Å²) in [4.78, 5) is 9.02. The zero-order chi connectivity index (χ0) is 14.0. The van der Waals surface area contributed by atoms with Gasteiger partial charge in [0.25, 0.3) is 0 Å². The maximum Gasteiger partial charge on any atom is 0.196 e. The summed E-state index contributed by atoms with van der Waals surface area (Å²) < 4.78 is 0. The fourth-order valence-electron chi connectivity index (χ4n) is 1.49. The van der Waals surface area contributed by atoms with Crippen molar-refractivity contribution in [2.75, 3.05) is 11.5 Å². The van der Waals surface area contributed by atoms with Crippen molar-refractivity contribution in [3.05, 3.63) is 34.9 Å². The SMILES string of the molecule is C[C@H](N)c1ccc(Sc2nc(N)cc(N)n2)c(Cl)c1. The Morgan fingerprint density at radius 3 is 2.32 bits per heavy atom. The van der Waals surface area contributed by atoms with E-state index in [1.54, 1.807) is 0 Å². The molecule has 5 nitrogen and oxygen atoms in total. The highest BCUT2D eigenvalue weighted by Gasteiger charge is 2.09. The molecule has 19 heavy (non-hydrogen) atoms. The Balaban J connectivity index is 2.28. The van der Waals surface area contributed by atoms with Crippen LogP contribution in [0.15, 0.2) is 34.3 Å². The van der Waals surface area contributed by atoms with Gasteiger partial charge in [0, 0.05) is 17.0 Å². The fraction of sp³-hybridized carbons (Fsp3) is 0.167. The Morgan fingerprint density at radius 1 is 1.16 bits per heavy atom. The van der Waals surface area contributed by atoms with E-state index in [0.29, 0.717) is 21.8 Å². The molecule has 0 aliphatic carbocycles. The largest absolute Gasteiger partial charge is 0.383 e. The van der Waals surface area contributed by atoms with Crippen molar-refractivity contribution in [1.29, 1.82) is 0 Å². The molecule has 0 spiro atoms. The van der Waals surface area contributed by atoms with E-state index in [2.05, 4.69) is 9.97 Å². The minimum atomic E-state index is -0.0594. The van der Waals surface area contributed by atoms with E-state index in [-0.39, 0.29) is 6.04 Å². The molecule has 1 aromatic heterocycles. The molecule has 6 N–H and O–H groups in total. The molecule has 2 rings (SSSR count). The Bertz CT molecular complexity index is 582. The van der Waals surface area contributed by atoms with Crippen molar-refractivity contribution in [2.24, 2.45) is 5.73 Å². The van der Waals surface area contributed by atoms with E-state index in [4.69, 9.17) is 28.8 Å². The molecule has 0 bridgehead atoms. The number of anilines is 2. The number of nitrogen functional groups attached to an aromatic ring is 2. The summed E-state index contributed by atoms with van der Waals surface area (Å²) in [6.07, 6.45) is 0. The summed E-state index contributed by atoms with van der Waals surface area (Å²) in [5.74, 6) is 0.664. The predicted molar refractivity (Wildman–Crippen MR) is 79.0 cm³/mol. The number of rotatable bonds is 3. The monoisotopic (exact) mass is 295 g/mol. The topological polar surface area (TPSA) is 104 Å². The zero-order valence-corrected chi connectivity index (χ0v) is 11.9. The summed E-state index contributed by atoms with van der Waals surface area (Å²) in [5, 5.41) is 1.07. The van der Waals surface area contributed by atoms with Crippen LogP contribution in [0.5, 0.6) is 0 Å². The Hall–Kier alpha value is -1.50. The van der Waals surface area contributed by atoms with Crippen LogP contribution in [0.3, 0.4) is 0 Å². The van der Waals surface area contributed by atoms with Gasteiger partial charge in [0.1, 0.15) is 11.6 Å². The van der Waals surface area contributed by atoms with E-state index < -0.39 is 0 Å². The van der Waals surface area contributed by atoms with Crippen LogP contribution >= 0.6 is 23.4 Å². The van der Waals surface area contributed by atoms with Crippen LogP contribution in [0, 0.1) is 0 Å². The van der Waals surface area contributed by atoms with E-state index >= 15 is 0 Å². The third-order valence-corrected chi connectivity index (χ3v) is 3.79. The molecule has 0 aliphatic heterocycles. The van der Waals surface area contributed by atoms with Crippen molar-refractivity contribution in [2.45, 2.75) is 23.0 Å². The highest BCUT2D eigenvalue weighted by atomic mass is 35.5. The van der Waals surface area contributed by atoms with E-state index in [0.717, 1.165) is 10.5 Å². The maximum atomic E-state index is 6.21. The standard InChI is InChI=1S/C12H14ClN5S/c1-6(14)7-2-3-9(8(13)4-7)19-12-17-10(15)5-11(16)18-12/h2-6H,14H2,1H3,(H4,15,16,17,18)/t6-/m0/s1. The summed E-state index contributed by atoms with van der Waals surface area (Å²) in [5.41, 5.74) is 18.0. The molecule has 0 amide bonds. The molecule has 7 heteroatoms. The highest BCUT2D eigenvalue weighted by molar-refractivity contribution is 7.99. The van der Waals surface area contributed by atoms with Crippen LogP contribution in [0.4, 0.5) is 11.6 Å². The fourth-order valence-corrected chi connectivity index (χ4v) is 2.59. The number of halogens is 1. The van der Waals surface area contributed by atoms with Gasteiger partial charge >= 0.3 is 0 Å². The van der Waals surface area contributed by atoms with Crippen LogP contribution in [0.1, 0.15) is 18.5 Å². The van der Waals surface area contributed by atoms with Crippen molar-refractivity contribution in [3.63, 3.8) is 0 Å². The normalized spacial score (nSPS) is 12.4. The highest BCUT2D eigenvalue weighted by Crippen LogP contribution is 2.33. The minimum absolute atomic E-state index is 0.0594. The van der Waals surface area contributed by atoms with Crippen molar-refractivity contribution >= 4 is 35.0 Å². The van der Waals surface area contributed by atoms with E-state index in [9.17, 15) is 0 Å². The maximum absolute atomic E-state index is 6.21. The lowest BCUT2D eigenvalue weighted by atomic mass is 10.1. The van der Waals surface area contributed by atoms with Gasteiger partial charge in [-0.25, -0.2) is 9.97 Å².